The lowest BCUT2D eigenvalue weighted by Crippen LogP contribution is -2.44. The molecular formula is C10H18N2O. The van der Waals surface area contributed by atoms with E-state index in [0.29, 0.717) is 6.04 Å². The van der Waals surface area contributed by atoms with Gasteiger partial charge in [-0.05, 0) is 32.2 Å². The molecule has 0 spiro atoms. The third-order valence-corrected chi connectivity index (χ3v) is 3.42. The van der Waals surface area contributed by atoms with Gasteiger partial charge in [0.1, 0.15) is 0 Å². The molecule has 0 aromatic heterocycles. The van der Waals surface area contributed by atoms with Crippen molar-refractivity contribution in [1.29, 1.82) is 0 Å². The normalized spacial score (nSPS) is 31.2. The summed E-state index contributed by atoms with van der Waals surface area (Å²) in [5, 5.41) is 0. The second-order valence-corrected chi connectivity index (χ2v) is 4.24. The van der Waals surface area contributed by atoms with Gasteiger partial charge in [-0.3, -0.25) is 9.69 Å². The number of nitrogens with two attached hydrogens (primary N) is 1. The summed E-state index contributed by atoms with van der Waals surface area (Å²) in [6, 6.07) is 0.697. The molecule has 1 saturated heterocycles. The number of likely N-dealkylation sites (tertiary alicyclic amines) is 1. The van der Waals surface area contributed by atoms with Crippen LogP contribution in [0.5, 0.6) is 0 Å². The van der Waals surface area contributed by atoms with Crippen molar-refractivity contribution in [2.45, 2.75) is 50.6 Å². The van der Waals surface area contributed by atoms with Gasteiger partial charge >= 0.3 is 0 Å². The van der Waals surface area contributed by atoms with Crippen LogP contribution >= 0.6 is 0 Å². The fourth-order valence-corrected chi connectivity index (χ4v) is 2.77. The molecule has 0 aromatic carbocycles. The molecule has 1 heterocycles. The van der Waals surface area contributed by atoms with Crippen LogP contribution < -0.4 is 5.73 Å². The zero-order valence-electron chi connectivity index (χ0n) is 8.04. The van der Waals surface area contributed by atoms with E-state index in [1.165, 1.54) is 25.7 Å². The molecule has 1 saturated carbocycles. The predicted molar refractivity (Wildman–Crippen MR) is 51.2 cm³/mol. The minimum atomic E-state index is -0.121. The van der Waals surface area contributed by atoms with E-state index in [1.54, 1.807) is 0 Å². The number of rotatable bonds is 2. The number of primary amides is 1. The molecule has 1 amide bonds. The summed E-state index contributed by atoms with van der Waals surface area (Å²) >= 11 is 0. The number of nitrogens with zero attached hydrogens (tertiary/aromatic N) is 1. The van der Waals surface area contributed by atoms with Crippen molar-refractivity contribution >= 4 is 5.91 Å². The first-order valence-corrected chi connectivity index (χ1v) is 5.34. The zero-order chi connectivity index (χ0) is 9.26. The van der Waals surface area contributed by atoms with E-state index in [2.05, 4.69) is 4.90 Å². The monoisotopic (exact) mass is 182 g/mol. The SMILES string of the molecule is NC(=O)[C@H]1CCCN1C1CCCC1. The maximum Gasteiger partial charge on any atom is 0.234 e. The lowest BCUT2D eigenvalue weighted by Gasteiger charge is -2.28. The summed E-state index contributed by atoms with van der Waals surface area (Å²) in [5.41, 5.74) is 5.38. The summed E-state index contributed by atoms with van der Waals surface area (Å²) in [6.07, 6.45) is 7.31. The lowest BCUT2D eigenvalue weighted by molar-refractivity contribution is -0.122. The number of hydrogen-bond donors (Lipinski definition) is 1. The molecule has 2 rings (SSSR count). The van der Waals surface area contributed by atoms with Crippen LogP contribution in [0.15, 0.2) is 0 Å². The van der Waals surface area contributed by atoms with E-state index in [4.69, 9.17) is 5.73 Å². The highest BCUT2D eigenvalue weighted by Crippen LogP contribution is 2.29. The van der Waals surface area contributed by atoms with Crippen LogP contribution in [-0.2, 0) is 4.79 Å². The van der Waals surface area contributed by atoms with Crippen molar-refractivity contribution in [1.82, 2.24) is 4.90 Å². The minimum Gasteiger partial charge on any atom is -0.368 e. The Balaban J connectivity index is 2.00. The van der Waals surface area contributed by atoms with Crippen molar-refractivity contribution < 1.29 is 4.79 Å². The Morgan fingerprint density at radius 3 is 2.46 bits per heavy atom. The first-order chi connectivity index (χ1) is 6.29. The van der Waals surface area contributed by atoms with E-state index in [-0.39, 0.29) is 11.9 Å². The van der Waals surface area contributed by atoms with Crippen molar-refractivity contribution in [2.75, 3.05) is 6.54 Å². The highest BCUT2D eigenvalue weighted by Gasteiger charge is 2.34. The van der Waals surface area contributed by atoms with Crippen LogP contribution in [-0.4, -0.2) is 29.4 Å². The topological polar surface area (TPSA) is 46.3 Å². The molecule has 2 aliphatic rings. The summed E-state index contributed by atoms with van der Waals surface area (Å²) < 4.78 is 0. The first kappa shape index (κ1) is 9.00. The van der Waals surface area contributed by atoms with Gasteiger partial charge in [0.05, 0.1) is 6.04 Å². The molecule has 1 aliphatic carbocycles. The fourth-order valence-electron chi connectivity index (χ4n) is 2.77. The first-order valence-electron chi connectivity index (χ1n) is 5.34. The molecule has 0 unspecified atom stereocenters. The largest absolute Gasteiger partial charge is 0.368 e. The second kappa shape index (κ2) is 3.66. The fraction of sp³-hybridized carbons (Fsp3) is 0.900. The van der Waals surface area contributed by atoms with Crippen molar-refractivity contribution in [3.63, 3.8) is 0 Å². The predicted octanol–water partition coefficient (Wildman–Crippen LogP) is 0.879. The summed E-state index contributed by atoms with van der Waals surface area (Å²) in [5.74, 6) is -0.121. The van der Waals surface area contributed by atoms with Crippen LogP contribution in [0, 0.1) is 0 Å². The van der Waals surface area contributed by atoms with Gasteiger partial charge in [-0.25, -0.2) is 0 Å². The summed E-state index contributed by atoms with van der Waals surface area (Å²) in [4.78, 5) is 13.5. The smallest absolute Gasteiger partial charge is 0.234 e. The average Bonchev–Trinajstić information content (AvgIpc) is 2.74. The number of carbonyl (C=O) groups excluding carboxylic acids is 1. The van der Waals surface area contributed by atoms with E-state index in [1.807, 2.05) is 0 Å². The van der Waals surface area contributed by atoms with Gasteiger partial charge in [0.2, 0.25) is 5.91 Å². The van der Waals surface area contributed by atoms with Crippen LogP contribution in [0.3, 0.4) is 0 Å². The van der Waals surface area contributed by atoms with Gasteiger partial charge in [0, 0.05) is 6.04 Å². The molecule has 3 nitrogen and oxygen atoms in total. The number of amides is 1. The van der Waals surface area contributed by atoms with Crippen molar-refractivity contribution in [2.24, 2.45) is 5.73 Å². The molecule has 0 aromatic rings. The number of hydrogen-bond acceptors (Lipinski definition) is 2. The Kier molecular flexibility index (Phi) is 2.54. The molecule has 13 heavy (non-hydrogen) atoms. The van der Waals surface area contributed by atoms with E-state index in [0.717, 1.165) is 19.4 Å². The zero-order valence-corrected chi connectivity index (χ0v) is 8.04. The average molecular weight is 182 g/mol. The lowest BCUT2D eigenvalue weighted by atomic mass is 10.1. The van der Waals surface area contributed by atoms with Crippen LogP contribution in [0.2, 0.25) is 0 Å². The Bertz CT molecular complexity index is 199. The van der Waals surface area contributed by atoms with E-state index < -0.39 is 0 Å². The molecule has 1 atom stereocenters. The molecule has 2 N–H and O–H groups in total. The van der Waals surface area contributed by atoms with Gasteiger partial charge in [0.15, 0.2) is 0 Å². The maximum atomic E-state index is 11.1. The minimum absolute atomic E-state index is 0.0445. The summed E-state index contributed by atoms with van der Waals surface area (Å²) in [6.45, 7) is 1.08. The molecule has 0 radical (unpaired) electrons. The van der Waals surface area contributed by atoms with Crippen molar-refractivity contribution in [3.05, 3.63) is 0 Å². The summed E-state index contributed by atoms with van der Waals surface area (Å²) in [7, 11) is 0. The Morgan fingerprint density at radius 1 is 1.15 bits per heavy atom. The quantitative estimate of drug-likeness (QED) is 0.689. The van der Waals surface area contributed by atoms with Gasteiger partial charge in [-0.2, -0.15) is 0 Å². The Hall–Kier alpha value is -0.570. The van der Waals surface area contributed by atoms with Gasteiger partial charge in [-0.1, -0.05) is 12.8 Å². The highest BCUT2D eigenvalue weighted by molar-refractivity contribution is 5.80. The molecule has 74 valence electrons. The maximum absolute atomic E-state index is 11.1. The molecular weight excluding hydrogens is 164 g/mol. The molecule has 1 aliphatic heterocycles. The van der Waals surface area contributed by atoms with Crippen LogP contribution in [0.1, 0.15) is 38.5 Å². The molecule has 3 heteroatoms. The molecule has 0 bridgehead atoms. The third-order valence-electron chi connectivity index (χ3n) is 3.42. The van der Waals surface area contributed by atoms with Crippen molar-refractivity contribution in [3.8, 4) is 0 Å². The van der Waals surface area contributed by atoms with Crippen LogP contribution in [0.4, 0.5) is 0 Å². The molecule has 2 fully saturated rings. The second-order valence-electron chi connectivity index (χ2n) is 4.24. The Morgan fingerprint density at radius 2 is 1.85 bits per heavy atom. The van der Waals surface area contributed by atoms with Gasteiger partial charge in [-0.15, -0.1) is 0 Å². The Labute approximate surface area is 79.3 Å². The number of carbonyl (C=O) groups is 1. The third kappa shape index (κ3) is 1.70. The standard InChI is InChI=1S/C10H18N2O/c11-10(13)9-6-3-7-12(9)8-4-1-2-5-8/h8-9H,1-7H2,(H2,11,13)/t9-/m1/s1. The van der Waals surface area contributed by atoms with Gasteiger partial charge in [0.25, 0.3) is 0 Å². The van der Waals surface area contributed by atoms with Gasteiger partial charge < -0.3 is 5.73 Å². The highest BCUT2D eigenvalue weighted by atomic mass is 16.1. The van der Waals surface area contributed by atoms with E-state index in [9.17, 15) is 4.79 Å². The van der Waals surface area contributed by atoms with E-state index >= 15 is 0 Å². The van der Waals surface area contributed by atoms with Crippen LogP contribution in [0.25, 0.3) is 0 Å².